The van der Waals surface area contributed by atoms with Crippen molar-refractivity contribution >= 4 is 11.8 Å². The number of nitrogens with one attached hydrogen (secondary N) is 2. The third-order valence-corrected chi connectivity index (χ3v) is 2.83. The van der Waals surface area contributed by atoms with Crippen LogP contribution in [-0.4, -0.2) is 36.3 Å². The summed E-state index contributed by atoms with van der Waals surface area (Å²) in [6.45, 7) is 0.756. The van der Waals surface area contributed by atoms with E-state index in [1.54, 1.807) is 6.07 Å². The highest BCUT2D eigenvalue weighted by Crippen LogP contribution is 2.18. The molecule has 1 fully saturated rings. The molecule has 2 rings (SSSR count). The molecule has 0 spiro atoms. The van der Waals surface area contributed by atoms with Gasteiger partial charge in [-0.2, -0.15) is 0 Å². The van der Waals surface area contributed by atoms with Gasteiger partial charge in [-0.3, -0.25) is 19.9 Å². The highest BCUT2D eigenvalue weighted by molar-refractivity contribution is 5.93. The molecule has 0 saturated heterocycles. The van der Waals surface area contributed by atoms with Crippen molar-refractivity contribution in [3.8, 4) is 0 Å². The molecular weight excluding hydrogens is 248 g/mol. The Balaban J connectivity index is 1.80. The maximum absolute atomic E-state index is 11.6. The van der Waals surface area contributed by atoms with Crippen LogP contribution in [-0.2, 0) is 11.3 Å². The number of amides is 2. The fourth-order valence-electron chi connectivity index (χ4n) is 1.73. The first-order valence-corrected chi connectivity index (χ1v) is 6.14. The summed E-state index contributed by atoms with van der Waals surface area (Å²) in [7, 11) is 1.82. The normalized spacial score (nSPS) is 14.5. The number of nitrogens with two attached hydrogens (primary N) is 1. The number of hydrazine groups is 1. The van der Waals surface area contributed by atoms with Crippen LogP contribution < -0.4 is 16.6 Å². The zero-order chi connectivity index (χ0) is 13.8. The molecule has 0 aromatic carbocycles. The highest BCUT2D eigenvalue weighted by Gasteiger charge is 2.23. The first-order valence-electron chi connectivity index (χ1n) is 6.14. The molecule has 2 amide bonds. The molecule has 7 heteroatoms. The van der Waals surface area contributed by atoms with Crippen LogP contribution in [0.25, 0.3) is 0 Å². The van der Waals surface area contributed by atoms with E-state index in [1.165, 1.54) is 6.26 Å². The van der Waals surface area contributed by atoms with Crippen molar-refractivity contribution in [3.05, 3.63) is 23.7 Å². The summed E-state index contributed by atoms with van der Waals surface area (Å²) < 4.78 is 5.24. The van der Waals surface area contributed by atoms with Crippen molar-refractivity contribution in [2.75, 3.05) is 13.6 Å². The summed E-state index contributed by atoms with van der Waals surface area (Å²) in [5.41, 5.74) is 2.40. The maximum atomic E-state index is 11.6. The van der Waals surface area contributed by atoms with Gasteiger partial charge >= 0.3 is 0 Å². The number of carbonyl (C=O) groups excluding carboxylic acids is 2. The summed E-state index contributed by atoms with van der Waals surface area (Å²) in [5, 5.41) is 2.91. The first kappa shape index (κ1) is 13.6. The van der Waals surface area contributed by atoms with Crippen LogP contribution in [0.5, 0.6) is 0 Å². The zero-order valence-corrected chi connectivity index (χ0v) is 10.8. The second kappa shape index (κ2) is 5.85. The average Bonchev–Trinajstić information content (AvgIpc) is 3.04. The number of hydrogen-bond donors (Lipinski definition) is 3. The fraction of sp³-hybridized carbons (Fsp3) is 0.500. The second-order valence-electron chi connectivity index (χ2n) is 4.79. The molecule has 1 aliphatic carbocycles. The summed E-state index contributed by atoms with van der Waals surface area (Å²) in [6.07, 6.45) is 3.49. The average molecular weight is 266 g/mol. The first-order chi connectivity index (χ1) is 9.08. The van der Waals surface area contributed by atoms with Crippen molar-refractivity contribution in [3.63, 3.8) is 0 Å². The molecule has 1 aliphatic rings. The van der Waals surface area contributed by atoms with Gasteiger partial charge in [0.15, 0.2) is 0 Å². The molecule has 1 heterocycles. The van der Waals surface area contributed by atoms with Gasteiger partial charge in [-0.1, -0.05) is 0 Å². The predicted molar refractivity (Wildman–Crippen MR) is 67.9 cm³/mol. The van der Waals surface area contributed by atoms with E-state index in [0.717, 1.165) is 12.8 Å². The molecule has 104 valence electrons. The zero-order valence-electron chi connectivity index (χ0n) is 10.8. The van der Waals surface area contributed by atoms with Crippen LogP contribution >= 0.6 is 0 Å². The number of nitrogens with zero attached hydrogens (tertiary/aromatic N) is 1. The monoisotopic (exact) mass is 266 g/mol. The molecule has 0 aliphatic heterocycles. The standard InChI is InChI=1S/C12H18N4O3/c1-16(6-11(17)14-9-2-3-9)5-10-4-8(7-19-10)12(18)15-13/h4,7,9H,2-3,5-6,13H2,1H3,(H,14,17)(H,15,18). The third kappa shape index (κ3) is 4.08. The lowest BCUT2D eigenvalue weighted by Gasteiger charge is -2.14. The van der Waals surface area contributed by atoms with Crippen molar-refractivity contribution in [1.29, 1.82) is 0 Å². The minimum atomic E-state index is -0.399. The Bertz CT molecular complexity index is 467. The van der Waals surface area contributed by atoms with Crippen LogP contribution in [0.1, 0.15) is 29.0 Å². The topological polar surface area (TPSA) is 101 Å². The third-order valence-electron chi connectivity index (χ3n) is 2.83. The van der Waals surface area contributed by atoms with Gasteiger partial charge in [-0.05, 0) is 26.0 Å². The maximum Gasteiger partial charge on any atom is 0.268 e. The summed E-state index contributed by atoms with van der Waals surface area (Å²) >= 11 is 0. The molecule has 7 nitrogen and oxygen atoms in total. The lowest BCUT2D eigenvalue weighted by Crippen LogP contribution is -2.35. The van der Waals surface area contributed by atoms with Crippen LogP contribution in [0.15, 0.2) is 16.7 Å². The Kier molecular flexibility index (Phi) is 4.18. The van der Waals surface area contributed by atoms with E-state index >= 15 is 0 Å². The molecule has 0 atom stereocenters. The van der Waals surface area contributed by atoms with E-state index in [9.17, 15) is 9.59 Å². The van der Waals surface area contributed by atoms with E-state index in [-0.39, 0.29) is 5.91 Å². The number of carbonyl (C=O) groups is 2. The Morgan fingerprint density at radius 2 is 2.26 bits per heavy atom. The van der Waals surface area contributed by atoms with Crippen LogP contribution in [0.2, 0.25) is 0 Å². The smallest absolute Gasteiger partial charge is 0.268 e. The van der Waals surface area contributed by atoms with Gasteiger partial charge in [0.25, 0.3) is 5.91 Å². The molecule has 0 unspecified atom stereocenters. The minimum absolute atomic E-state index is 0.0106. The number of hydrogen-bond acceptors (Lipinski definition) is 5. The van der Waals surface area contributed by atoms with Gasteiger partial charge < -0.3 is 9.73 Å². The van der Waals surface area contributed by atoms with Gasteiger partial charge in [0, 0.05) is 6.04 Å². The number of furan rings is 1. The lowest BCUT2D eigenvalue weighted by molar-refractivity contribution is -0.122. The van der Waals surface area contributed by atoms with E-state index in [2.05, 4.69) is 5.32 Å². The molecule has 0 bridgehead atoms. The Morgan fingerprint density at radius 3 is 2.89 bits per heavy atom. The van der Waals surface area contributed by atoms with Crippen LogP contribution in [0, 0.1) is 0 Å². The van der Waals surface area contributed by atoms with E-state index in [4.69, 9.17) is 10.3 Å². The van der Waals surface area contributed by atoms with Gasteiger partial charge in [-0.25, -0.2) is 5.84 Å². The number of likely N-dealkylation sites (N-methyl/N-ethyl adjacent to an activating group) is 1. The van der Waals surface area contributed by atoms with Crippen LogP contribution in [0.3, 0.4) is 0 Å². The molecule has 1 aromatic rings. The Hall–Kier alpha value is -1.86. The fourth-order valence-corrected chi connectivity index (χ4v) is 1.73. The Morgan fingerprint density at radius 1 is 1.53 bits per heavy atom. The lowest BCUT2D eigenvalue weighted by atomic mass is 10.3. The number of nitrogen functional groups attached to an aromatic ring is 1. The van der Waals surface area contributed by atoms with Gasteiger partial charge in [-0.15, -0.1) is 0 Å². The van der Waals surface area contributed by atoms with Crippen molar-refractivity contribution < 1.29 is 14.0 Å². The summed E-state index contributed by atoms with van der Waals surface area (Å²) in [5.74, 6) is 5.25. The molecule has 4 N–H and O–H groups in total. The Labute approximate surface area is 111 Å². The summed E-state index contributed by atoms with van der Waals surface area (Å²) in [6, 6.07) is 1.97. The van der Waals surface area contributed by atoms with E-state index < -0.39 is 5.91 Å². The SMILES string of the molecule is CN(CC(=O)NC1CC1)Cc1cc(C(=O)NN)co1. The molecule has 1 saturated carbocycles. The molecule has 1 aromatic heterocycles. The van der Waals surface area contributed by atoms with Gasteiger partial charge in [0.05, 0.1) is 18.7 Å². The highest BCUT2D eigenvalue weighted by atomic mass is 16.3. The van der Waals surface area contributed by atoms with Crippen molar-refractivity contribution in [2.45, 2.75) is 25.4 Å². The van der Waals surface area contributed by atoms with Crippen molar-refractivity contribution in [2.24, 2.45) is 5.84 Å². The molecule has 19 heavy (non-hydrogen) atoms. The molecular formula is C12H18N4O3. The van der Waals surface area contributed by atoms with Gasteiger partial charge in [0.1, 0.15) is 12.0 Å². The van der Waals surface area contributed by atoms with Gasteiger partial charge in [0.2, 0.25) is 5.91 Å². The van der Waals surface area contributed by atoms with Crippen molar-refractivity contribution in [1.82, 2.24) is 15.6 Å². The van der Waals surface area contributed by atoms with E-state index in [1.807, 2.05) is 17.4 Å². The quantitative estimate of drug-likeness (QED) is 0.369. The largest absolute Gasteiger partial charge is 0.467 e. The van der Waals surface area contributed by atoms with Crippen LogP contribution in [0.4, 0.5) is 0 Å². The number of rotatable bonds is 6. The summed E-state index contributed by atoms with van der Waals surface area (Å²) in [4.78, 5) is 24.7. The van der Waals surface area contributed by atoms with E-state index in [0.29, 0.717) is 30.5 Å². The predicted octanol–water partition coefficient (Wildman–Crippen LogP) is -0.406. The second-order valence-corrected chi connectivity index (χ2v) is 4.79. The molecule has 0 radical (unpaired) electrons. The minimum Gasteiger partial charge on any atom is -0.467 e.